The second kappa shape index (κ2) is 13.9. The number of aliphatic hydroxyl groups excluding tert-OH is 8. The van der Waals surface area contributed by atoms with Gasteiger partial charge in [-0.3, -0.25) is 0 Å². The smallest absolute Gasteiger partial charge is 0.331 e. The summed E-state index contributed by atoms with van der Waals surface area (Å²) in [6.07, 6.45) is -14.8. The molecule has 3 heterocycles. The summed E-state index contributed by atoms with van der Waals surface area (Å²) in [5, 5.41) is 93.8. The number of ether oxygens (including phenoxy) is 6. The maximum Gasteiger partial charge on any atom is 0.331 e. The van der Waals surface area contributed by atoms with E-state index in [1.165, 1.54) is 25.2 Å². The summed E-state index contributed by atoms with van der Waals surface area (Å²) >= 11 is 0. The molecule has 15 atom stereocenters. The number of carbonyl (C=O) groups is 1. The average molecular weight is 657 g/mol. The zero-order chi connectivity index (χ0) is 33.4. The lowest BCUT2D eigenvalue weighted by atomic mass is 9.81. The minimum Gasteiger partial charge on any atom is -0.472 e. The molecule has 5 rings (SSSR count). The van der Waals surface area contributed by atoms with Crippen molar-refractivity contribution in [2.75, 3.05) is 13.2 Å². The first kappa shape index (κ1) is 34.8. The van der Waals surface area contributed by atoms with Gasteiger partial charge in [-0.15, -0.1) is 0 Å². The standard InChI is InChI=1S/C30H40O16/c1-29(46-18(33)8-7-14-5-3-2-4-6-14)11-17(32)30(40)9-10-41-28(25(29)30)45-27-24(39)22(37)20(35)16(44-27)13-42-26-23(38)21(36)19(34)15(12-31)43-26/h2-10,15-17,19-28,31-32,34-40H,11-13H2,1H3/t15-,16-,17-,19+,20-,21+,22+,23-,24-,25-,26+,27+,28+,29+,30-/m1/s1. The van der Waals surface area contributed by atoms with Crippen molar-refractivity contribution in [2.24, 2.45) is 5.92 Å². The van der Waals surface area contributed by atoms with Crippen LogP contribution in [0, 0.1) is 5.92 Å². The Labute approximate surface area is 263 Å². The lowest BCUT2D eigenvalue weighted by Gasteiger charge is -2.46. The molecule has 9 N–H and O–H groups in total. The number of benzene rings is 1. The highest BCUT2D eigenvalue weighted by Gasteiger charge is 2.66. The van der Waals surface area contributed by atoms with Gasteiger partial charge in [0.2, 0.25) is 6.29 Å². The Morgan fingerprint density at radius 1 is 0.891 bits per heavy atom. The lowest BCUT2D eigenvalue weighted by Crippen LogP contribution is -2.63. The monoisotopic (exact) mass is 656 g/mol. The van der Waals surface area contributed by atoms with E-state index in [0.29, 0.717) is 0 Å². The molecule has 256 valence electrons. The van der Waals surface area contributed by atoms with Crippen molar-refractivity contribution in [2.45, 2.75) is 98.4 Å². The van der Waals surface area contributed by atoms with Crippen LogP contribution in [-0.4, -0.2) is 150 Å². The molecular weight excluding hydrogens is 616 g/mol. The minimum absolute atomic E-state index is 0.225. The van der Waals surface area contributed by atoms with E-state index < -0.39 is 110 Å². The van der Waals surface area contributed by atoms with Crippen molar-refractivity contribution in [3.63, 3.8) is 0 Å². The predicted octanol–water partition coefficient (Wildman–Crippen LogP) is -3.38. The second-order valence-corrected chi connectivity index (χ2v) is 12.1. The first-order valence-corrected chi connectivity index (χ1v) is 14.8. The van der Waals surface area contributed by atoms with Crippen molar-refractivity contribution < 1.29 is 79.2 Å². The Balaban J connectivity index is 1.29. The van der Waals surface area contributed by atoms with Crippen LogP contribution >= 0.6 is 0 Å². The van der Waals surface area contributed by atoms with Crippen LogP contribution in [-0.2, 0) is 33.2 Å². The van der Waals surface area contributed by atoms with Crippen molar-refractivity contribution in [1.29, 1.82) is 0 Å². The highest BCUT2D eigenvalue weighted by molar-refractivity contribution is 5.87. The fourth-order valence-corrected chi connectivity index (χ4v) is 6.30. The summed E-state index contributed by atoms with van der Waals surface area (Å²) in [5.74, 6) is -2.06. The van der Waals surface area contributed by atoms with Crippen LogP contribution in [0.3, 0.4) is 0 Å². The molecule has 1 saturated carbocycles. The Hall–Kier alpha value is -2.55. The maximum absolute atomic E-state index is 12.9. The third-order valence-electron chi connectivity index (χ3n) is 8.86. The van der Waals surface area contributed by atoms with Gasteiger partial charge in [0.15, 0.2) is 12.6 Å². The third-order valence-corrected chi connectivity index (χ3v) is 8.86. The van der Waals surface area contributed by atoms with Crippen LogP contribution in [0.4, 0.5) is 0 Å². The van der Waals surface area contributed by atoms with Crippen molar-refractivity contribution >= 4 is 12.0 Å². The van der Waals surface area contributed by atoms with Crippen LogP contribution in [0.1, 0.15) is 18.9 Å². The van der Waals surface area contributed by atoms with Gasteiger partial charge in [-0.2, -0.15) is 0 Å². The molecule has 0 unspecified atom stereocenters. The molecule has 16 heteroatoms. The topological polar surface area (TPSA) is 255 Å². The first-order valence-electron chi connectivity index (χ1n) is 14.8. The summed E-state index contributed by atoms with van der Waals surface area (Å²) in [5.41, 5.74) is -2.86. The molecule has 2 saturated heterocycles. The molecule has 16 nitrogen and oxygen atoms in total. The Morgan fingerprint density at radius 3 is 2.20 bits per heavy atom. The Kier molecular flexibility index (Phi) is 10.5. The molecule has 3 aliphatic heterocycles. The first-order chi connectivity index (χ1) is 21.8. The van der Waals surface area contributed by atoms with Gasteiger partial charge < -0.3 is 74.4 Å². The largest absolute Gasteiger partial charge is 0.472 e. The van der Waals surface area contributed by atoms with Gasteiger partial charge in [0, 0.05) is 12.5 Å². The SMILES string of the molecule is C[C@]1(OC(=O)C=Cc2ccccc2)C[C@@H](O)[C@]2(O)C=CO[C@@H](O[C@@H]3O[C@H](CO[C@H]4O[C@H](CO)[C@H](O)[C@H](O)[C@H]4O)[C@@H](O)[C@H](O)[C@H]3O)[C@@H]21. The van der Waals surface area contributed by atoms with E-state index >= 15 is 0 Å². The highest BCUT2D eigenvalue weighted by atomic mass is 16.8. The quantitative estimate of drug-likeness (QED) is 0.0928. The molecule has 0 bridgehead atoms. The summed E-state index contributed by atoms with van der Waals surface area (Å²) in [6, 6.07) is 8.94. The Bertz CT molecular complexity index is 1240. The van der Waals surface area contributed by atoms with E-state index in [4.69, 9.17) is 28.4 Å². The van der Waals surface area contributed by atoms with Crippen LogP contribution in [0.25, 0.3) is 6.08 Å². The van der Waals surface area contributed by atoms with Crippen molar-refractivity contribution in [3.8, 4) is 0 Å². The number of fused-ring (bicyclic) bond motifs is 1. The van der Waals surface area contributed by atoms with E-state index in [2.05, 4.69) is 0 Å². The van der Waals surface area contributed by atoms with Crippen molar-refractivity contribution in [3.05, 3.63) is 54.3 Å². The van der Waals surface area contributed by atoms with Gasteiger partial charge in [0.05, 0.1) is 31.5 Å². The average Bonchev–Trinajstić information content (AvgIpc) is 3.24. The van der Waals surface area contributed by atoms with Gasteiger partial charge in [0.1, 0.15) is 60.0 Å². The minimum atomic E-state index is -2.01. The number of hydrogen-bond donors (Lipinski definition) is 9. The van der Waals surface area contributed by atoms with E-state index in [1.54, 1.807) is 24.3 Å². The lowest BCUT2D eigenvalue weighted by molar-refractivity contribution is -0.360. The van der Waals surface area contributed by atoms with Crippen molar-refractivity contribution in [1.82, 2.24) is 0 Å². The number of esters is 1. The summed E-state index contributed by atoms with van der Waals surface area (Å²) < 4.78 is 33.6. The molecule has 1 aliphatic carbocycles. The van der Waals surface area contributed by atoms with E-state index in [9.17, 15) is 50.8 Å². The number of carbonyl (C=O) groups excluding carboxylic acids is 1. The number of rotatable bonds is 9. The summed E-state index contributed by atoms with van der Waals surface area (Å²) in [7, 11) is 0. The van der Waals surface area contributed by atoms with Crippen LogP contribution in [0.5, 0.6) is 0 Å². The molecule has 0 spiro atoms. The maximum atomic E-state index is 12.9. The van der Waals surface area contributed by atoms with E-state index in [0.717, 1.165) is 11.8 Å². The summed E-state index contributed by atoms with van der Waals surface area (Å²) in [6.45, 7) is 0.164. The summed E-state index contributed by atoms with van der Waals surface area (Å²) in [4.78, 5) is 12.9. The van der Waals surface area contributed by atoms with E-state index in [-0.39, 0.29) is 6.42 Å². The molecule has 0 amide bonds. The second-order valence-electron chi connectivity index (χ2n) is 12.1. The number of hydrogen-bond acceptors (Lipinski definition) is 16. The van der Waals surface area contributed by atoms with Gasteiger partial charge in [-0.25, -0.2) is 4.79 Å². The van der Waals surface area contributed by atoms with Gasteiger partial charge >= 0.3 is 5.97 Å². The zero-order valence-corrected chi connectivity index (χ0v) is 24.7. The fraction of sp³-hybridized carbons (Fsp3) is 0.633. The third kappa shape index (κ3) is 6.72. The van der Waals surface area contributed by atoms with Gasteiger partial charge in [-0.1, -0.05) is 30.3 Å². The zero-order valence-electron chi connectivity index (χ0n) is 24.7. The molecule has 3 fully saturated rings. The fourth-order valence-electron chi connectivity index (χ4n) is 6.30. The normalized spacial score (nSPS) is 45.7. The Morgan fingerprint density at radius 2 is 1.52 bits per heavy atom. The molecule has 1 aromatic rings. The van der Waals surface area contributed by atoms with E-state index in [1.807, 2.05) is 6.07 Å². The molecule has 46 heavy (non-hydrogen) atoms. The van der Waals surface area contributed by atoms with Gasteiger partial charge in [0.25, 0.3) is 0 Å². The van der Waals surface area contributed by atoms with Crippen LogP contribution < -0.4 is 0 Å². The predicted molar refractivity (Wildman–Crippen MR) is 151 cm³/mol. The molecule has 0 radical (unpaired) electrons. The van der Waals surface area contributed by atoms with Gasteiger partial charge in [-0.05, 0) is 24.6 Å². The molecular formula is C30H40O16. The highest BCUT2D eigenvalue weighted by Crippen LogP contribution is 2.51. The van der Waals surface area contributed by atoms with Crippen LogP contribution in [0.15, 0.2) is 48.7 Å². The molecule has 1 aromatic carbocycles. The number of aliphatic hydroxyl groups is 9. The molecule has 4 aliphatic rings. The molecule has 0 aromatic heterocycles. The van der Waals surface area contributed by atoms with Crippen LogP contribution in [0.2, 0.25) is 0 Å².